The van der Waals surface area contributed by atoms with Crippen LogP contribution >= 0.6 is 59.2 Å². The van der Waals surface area contributed by atoms with Crippen molar-refractivity contribution >= 4 is 123 Å². The lowest BCUT2D eigenvalue weighted by Crippen LogP contribution is -2.51. The van der Waals surface area contributed by atoms with E-state index in [1.165, 1.54) is 26.7 Å². The number of ether oxygens (including phenoxy) is 2. The minimum absolute atomic E-state index is 0. The Labute approximate surface area is 512 Å². The number of amides is 1. The number of thiocarbonyl (C=S) groups is 2. The van der Waals surface area contributed by atoms with Crippen molar-refractivity contribution in [2.45, 2.75) is 122 Å². The van der Waals surface area contributed by atoms with Gasteiger partial charge in [-0.1, -0.05) is 105 Å². The van der Waals surface area contributed by atoms with Crippen molar-refractivity contribution in [2.24, 2.45) is 10.8 Å². The van der Waals surface area contributed by atoms with E-state index in [-0.39, 0.29) is 63.3 Å². The van der Waals surface area contributed by atoms with Gasteiger partial charge < -0.3 is 31.2 Å². The van der Waals surface area contributed by atoms with Gasteiger partial charge in [-0.05, 0) is 135 Å². The number of anilines is 2. The number of nitrogen functional groups attached to an aromatic ring is 1. The number of hydrogen-bond donors (Lipinski definition) is 4. The largest absolute Gasteiger partial charge is 0.467 e. The molecule has 27 heteroatoms. The number of rotatable bonds is 23. The van der Waals surface area contributed by atoms with Crippen LogP contribution in [0.15, 0.2) is 84.9 Å². The monoisotopic (exact) mass is 1320 g/mol. The van der Waals surface area contributed by atoms with Gasteiger partial charge in [-0.3, -0.25) is 9.59 Å². The second kappa shape index (κ2) is 32.0. The number of halogens is 9. The molecule has 1 amide bonds. The predicted octanol–water partition coefficient (Wildman–Crippen LogP) is 13.0. The fraction of sp³-hybridized carbons (Fsp3) is 0.474. The Morgan fingerprint density at radius 2 is 0.988 bits per heavy atom. The zero-order chi connectivity index (χ0) is 62.1. The summed E-state index contributed by atoms with van der Waals surface area (Å²) in [6.45, 7) is 0. The molecule has 2 fully saturated rings. The number of sulfone groups is 2. The third-order valence-electron chi connectivity index (χ3n) is 14.1. The van der Waals surface area contributed by atoms with Crippen LogP contribution in [0.3, 0.4) is 0 Å². The van der Waals surface area contributed by atoms with Crippen molar-refractivity contribution < 1.29 is 71.8 Å². The molecule has 2 saturated carbocycles. The summed E-state index contributed by atoms with van der Waals surface area (Å²) in [6.07, 6.45) is 4.02. The highest BCUT2D eigenvalue weighted by Crippen LogP contribution is 2.47. The summed E-state index contributed by atoms with van der Waals surface area (Å²) in [5.74, 6) is -1.33. The smallest absolute Gasteiger partial charge is 0.416 e. The number of nitrogens with two attached hydrogens (primary N) is 1. The second-order valence-corrected chi connectivity index (χ2v) is 27.0. The SMILES string of the molecule is C.COC(=O)C(Cc1ccc(N)cc1)NC(=S)C1(CCCCS(C)(=O)=O)CCC1.COC(=O)C(Cc1ccc(NC(=O)c2cc(C(F)(F)F)ccc2Cl)cc1)NC(=S)C1(CCCCS(C)(=O)=O)CCC1.O=C(Cl)c1cc(C(F)(F)F)ccc1Cl. The normalized spacial score (nSPS) is 15.0. The van der Waals surface area contributed by atoms with Crippen molar-refractivity contribution in [3.05, 3.63) is 128 Å². The first-order valence-electron chi connectivity index (χ1n) is 25.9. The van der Waals surface area contributed by atoms with E-state index in [1.807, 2.05) is 12.1 Å². The summed E-state index contributed by atoms with van der Waals surface area (Å²) in [7, 11) is -3.32. The van der Waals surface area contributed by atoms with Crippen molar-refractivity contribution in [1.82, 2.24) is 10.6 Å². The third-order valence-corrected chi connectivity index (χ3v) is 18.1. The van der Waals surface area contributed by atoms with E-state index in [0.717, 1.165) is 93.2 Å². The molecule has 84 heavy (non-hydrogen) atoms. The van der Waals surface area contributed by atoms with Gasteiger partial charge in [0.15, 0.2) is 0 Å². The summed E-state index contributed by atoms with van der Waals surface area (Å²) in [6, 6.07) is 17.4. The van der Waals surface area contributed by atoms with E-state index < -0.39 is 72.4 Å². The number of hydrogen-bond acceptors (Lipinski definition) is 13. The average molecular weight is 1320 g/mol. The average Bonchev–Trinajstić information content (AvgIpc) is 3.27. The van der Waals surface area contributed by atoms with Gasteiger partial charge in [-0.2, -0.15) is 26.3 Å². The Morgan fingerprint density at radius 3 is 1.32 bits per heavy atom. The zero-order valence-electron chi connectivity index (χ0n) is 45.7. The lowest BCUT2D eigenvalue weighted by molar-refractivity contribution is -0.143. The zero-order valence-corrected chi connectivity index (χ0v) is 51.3. The van der Waals surface area contributed by atoms with Crippen molar-refractivity contribution in [3.8, 4) is 0 Å². The van der Waals surface area contributed by atoms with Crippen LogP contribution in [-0.4, -0.2) is 100 Å². The van der Waals surface area contributed by atoms with Crippen LogP contribution in [0, 0.1) is 10.8 Å². The molecule has 0 aromatic heterocycles. The molecule has 0 heterocycles. The van der Waals surface area contributed by atoms with E-state index in [0.29, 0.717) is 59.2 Å². The molecule has 2 unspecified atom stereocenters. The van der Waals surface area contributed by atoms with Crippen molar-refractivity contribution in [3.63, 3.8) is 0 Å². The third kappa shape index (κ3) is 23.0. The summed E-state index contributed by atoms with van der Waals surface area (Å²) in [5, 5.41) is 7.72. The highest BCUT2D eigenvalue weighted by molar-refractivity contribution is 7.90. The summed E-state index contributed by atoms with van der Waals surface area (Å²) in [5.41, 5.74) is 5.40. The molecule has 464 valence electrons. The fourth-order valence-electron chi connectivity index (χ4n) is 9.11. The Kier molecular flexibility index (Phi) is 27.9. The van der Waals surface area contributed by atoms with Crippen molar-refractivity contribution in [1.29, 1.82) is 0 Å². The quantitative estimate of drug-likeness (QED) is 0.0136. The molecule has 5 N–H and O–H groups in total. The van der Waals surface area contributed by atoms with E-state index >= 15 is 0 Å². The molecule has 4 aromatic carbocycles. The lowest BCUT2D eigenvalue weighted by Gasteiger charge is -2.43. The van der Waals surface area contributed by atoms with E-state index in [2.05, 4.69) is 16.0 Å². The van der Waals surface area contributed by atoms with E-state index in [9.17, 15) is 62.4 Å². The van der Waals surface area contributed by atoms with Gasteiger partial charge >= 0.3 is 24.3 Å². The van der Waals surface area contributed by atoms with E-state index in [4.69, 9.17) is 74.4 Å². The minimum Gasteiger partial charge on any atom is -0.467 e. The second-order valence-electron chi connectivity index (χ2n) is 20.5. The molecule has 14 nitrogen and oxygen atoms in total. The van der Waals surface area contributed by atoms with Gasteiger partial charge in [0, 0.05) is 59.1 Å². The van der Waals surface area contributed by atoms with Gasteiger partial charge in [0.2, 0.25) is 0 Å². The number of esters is 2. The topological polar surface area (TPSA) is 217 Å². The first-order valence-corrected chi connectivity index (χ1v) is 32.0. The number of carbonyl (C=O) groups excluding carboxylic acids is 4. The van der Waals surface area contributed by atoms with Crippen LogP contribution in [0.5, 0.6) is 0 Å². The maximum absolute atomic E-state index is 13.1. The molecular formula is C57H69Cl3F6N4O10S4. The van der Waals surface area contributed by atoms with Crippen LogP contribution < -0.4 is 21.7 Å². The number of alkyl halides is 6. The van der Waals surface area contributed by atoms with Gasteiger partial charge in [0.1, 0.15) is 31.8 Å². The van der Waals surface area contributed by atoms with Crippen LogP contribution in [0.4, 0.5) is 37.7 Å². The molecular weight excluding hydrogens is 1250 g/mol. The standard InChI is InChI=1S/C28H32ClF3N2O5S2.C20H30N2O4S2.C8H3Cl2F3O.CH4/c1-39-25(36)23(34-26(40)27(13-5-14-27)12-3-4-15-41(2,37)38)16-18-6-9-20(10-7-18)33-24(35)21-17-19(28(30,31)32)8-11-22(21)29;1-26-18(23)17(14-15-6-8-16(21)9-7-15)22-19(27)20(11-5-12-20)10-3-4-13-28(2,24)25;9-6-2-1-4(8(11,12)13)3-5(6)7(10)14;/h6-11,17,23H,3-5,12-16H2,1-2H3,(H,33,35)(H,34,40);6-9,17H,3-5,10-14,21H2,1-2H3,(H,22,27);1-3H;1H4. The van der Waals surface area contributed by atoms with Gasteiger partial charge in [0.05, 0.1) is 56.5 Å². The highest BCUT2D eigenvalue weighted by Gasteiger charge is 2.43. The lowest BCUT2D eigenvalue weighted by atomic mass is 9.65. The predicted molar refractivity (Wildman–Crippen MR) is 325 cm³/mol. The van der Waals surface area contributed by atoms with Gasteiger partial charge in [-0.15, -0.1) is 0 Å². The number of carbonyl (C=O) groups is 4. The highest BCUT2D eigenvalue weighted by atomic mass is 35.5. The molecule has 6 rings (SSSR count). The minimum atomic E-state index is -4.62. The maximum Gasteiger partial charge on any atom is 0.416 e. The summed E-state index contributed by atoms with van der Waals surface area (Å²) >= 11 is 27.9. The number of methoxy groups -OCH3 is 2. The molecule has 0 aliphatic heterocycles. The molecule has 2 atom stereocenters. The number of benzene rings is 4. The molecule has 0 radical (unpaired) electrons. The van der Waals surface area contributed by atoms with Gasteiger partial charge in [0.25, 0.3) is 11.1 Å². The van der Waals surface area contributed by atoms with Gasteiger partial charge in [-0.25, -0.2) is 26.4 Å². The molecule has 0 spiro atoms. The molecule has 0 bridgehead atoms. The van der Waals surface area contributed by atoms with Crippen LogP contribution in [0.2, 0.25) is 10.0 Å². The Morgan fingerprint density at radius 1 is 0.619 bits per heavy atom. The Hall–Kier alpha value is -5.11. The number of unbranched alkanes of at least 4 members (excludes halogenated alkanes) is 2. The van der Waals surface area contributed by atoms with E-state index in [1.54, 1.807) is 36.4 Å². The molecule has 2 aliphatic rings. The first-order chi connectivity index (χ1) is 38.6. The first kappa shape index (κ1) is 73.1. The Balaban J connectivity index is 0.000000369. The van der Waals surface area contributed by atoms with Crippen LogP contribution in [0.1, 0.15) is 127 Å². The molecule has 2 aliphatic carbocycles. The number of nitrogens with one attached hydrogen (secondary N) is 3. The molecule has 0 saturated heterocycles. The maximum atomic E-state index is 13.1. The van der Waals surface area contributed by atoms with Crippen molar-refractivity contribution in [2.75, 3.05) is 49.3 Å². The summed E-state index contributed by atoms with van der Waals surface area (Å²) in [4.78, 5) is 49.4. The summed E-state index contributed by atoms with van der Waals surface area (Å²) < 4.78 is 131. The Bertz CT molecular complexity index is 3170. The molecule has 4 aromatic rings. The van der Waals surface area contributed by atoms with Crippen LogP contribution in [0.25, 0.3) is 0 Å². The fourth-order valence-corrected chi connectivity index (χ4v) is 12.1. The van der Waals surface area contributed by atoms with Crippen LogP contribution in [-0.2, 0) is 63.9 Å².